The molecule has 0 fully saturated rings. The predicted molar refractivity (Wildman–Crippen MR) is 120 cm³/mol. The smallest absolute Gasteiger partial charge is 0.182 e. The van der Waals surface area contributed by atoms with Gasteiger partial charge in [0, 0.05) is 5.56 Å². The molecule has 0 radical (unpaired) electrons. The Labute approximate surface area is 168 Å². The molecule has 4 aromatic rings. The molecule has 0 saturated carbocycles. The van der Waals surface area contributed by atoms with Crippen LogP contribution in [0.2, 0.25) is 0 Å². The van der Waals surface area contributed by atoms with Gasteiger partial charge in [0.1, 0.15) is 0 Å². The Morgan fingerprint density at radius 3 is 1.54 bits per heavy atom. The van der Waals surface area contributed by atoms with Gasteiger partial charge in [0.2, 0.25) is 0 Å². The fourth-order valence-corrected chi connectivity index (χ4v) is 4.13. The van der Waals surface area contributed by atoms with E-state index in [1.165, 1.54) is 0 Å². The van der Waals surface area contributed by atoms with E-state index in [-0.39, 0.29) is 5.78 Å². The van der Waals surface area contributed by atoms with Crippen molar-refractivity contribution in [3.05, 3.63) is 132 Å². The molecule has 1 unspecified atom stereocenters. The summed E-state index contributed by atoms with van der Waals surface area (Å²) in [6, 6.07) is 37.9. The highest BCUT2D eigenvalue weighted by Gasteiger charge is 2.38. The zero-order valence-electron chi connectivity index (χ0n) is 15.5. The van der Waals surface area contributed by atoms with E-state index in [0.717, 1.165) is 27.8 Å². The summed E-state index contributed by atoms with van der Waals surface area (Å²) in [5.74, 6) is 0.0642. The number of Topliss-reactive ketones (excluding diaryl/α,β-unsaturated/α-hetero) is 1. The van der Waals surface area contributed by atoms with Gasteiger partial charge in [-0.05, 0) is 22.3 Å². The fraction of sp³-hybridized carbons (Fsp3) is 0.0385. The van der Waals surface area contributed by atoms with Gasteiger partial charge >= 0.3 is 0 Å². The second-order valence-corrected chi connectivity index (χ2v) is 7.65. The molecule has 0 aliphatic heterocycles. The number of carbonyl (C=O) groups excluding carboxylic acids is 1. The minimum Gasteiger partial charge on any atom is -0.292 e. The summed E-state index contributed by atoms with van der Waals surface area (Å²) in [5, 5.41) is -0.854. The summed E-state index contributed by atoms with van der Waals surface area (Å²) in [5.41, 5.74) is 4.63. The van der Waals surface area contributed by atoms with Crippen LogP contribution in [-0.4, -0.2) is 5.78 Å². The number of hydrogen-bond donors (Lipinski definition) is 0. The van der Waals surface area contributed by atoms with E-state index in [1.807, 2.05) is 115 Å². The van der Waals surface area contributed by atoms with Crippen LogP contribution in [0.3, 0.4) is 0 Å². The summed E-state index contributed by atoms with van der Waals surface area (Å²) >= 11 is 0. The Bertz CT molecular complexity index is 1030. The summed E-state index contributed by atoms with van der Waals surface area (Å²) in [6.45, 7) is 0. The van der Waals surface area contributed by atoms with Gasteiger partial charge in [-0.15, -0.1) is 9.24 Å². The minimum atomic E-state index is -0.854. The normalized spacial score (nSPS) is 11.2. The highest BCUT2D eigenvalue weighted by molar-refractivity contribution is 7.21. The first-order chi connectivity index (χ1) is 13.7. The summed E-state index contributed by atoms with van der Waals surface area (Å²) in [4.78, 5) is 14.0. The Morgan fingerprint density at radius 2 is 1.00 bits per heavy atom. The van der Waals surface area contributed by atoms with Crippen LogP contribution < -0.4 is 0 Å². The second-order valence-electron chi connectivity index (χ2n) is 6.78. The molecular formula is C26H21OP. The third-order valence-electron chi connectivity index (χ3n) is 5.07. The van der Waals surface area contributed by atoms with Crippen molar-refractivity contribution in [2.45, 2.75) is 5.16 Å². The van der Waals surface area contributed by atoms with E-state index in [9.17, 15) is 4.79 Å². The van der Waals surface area contributed by atoms with E-state index >= 15 is 0 Å². The molecule has 0 spiro atoms. The van der Waals surface area contributed by atoms with Gasteiger partial charge in [0.05, 0.1) is 5.16 Å². The molecule has 0 amide bonds. The second kappa shape index (κ2) is 7.92. The van der Waals surface area contributed by atoms with E-state index in [2.05, 4.69) is 9.24 Å². The van der Waals surface area contributed by atoms with E-state index in [0.29, 0.717) is 0 Å². The molecule has 0 heterocycles. The topological polar surface area (TPSA) is 17.1 Å². The Balaban J connectivity index is 1.92. The van der Waals surface area contributed by atoms with Crippen molar-refractivity contribution < 1.29 is 4.79 Å². The maximum atomic E-state index is 14.0. The summed E-state index contributed by atoms with van der Waals surface area (Å²) in [7, 11) is 2.84. The molecule has 1 atom stereocenters. The lowest BCUT2D eigenvalue weighted by molar-refractivity contribution is 0.0959. The first-order valence-electron chi connectivity index (χ1n) is 9.30. The van der Waals surface area contributed by atoms with Crippen molar-refractivity contribution in [2.75, 3.05) is 0 Å². The van der Waals surface area contributed by atoms with Gasteiger partial charge < -0.3 is 0 Å². The van der Waals surface area contributed by atoms with E-state index in [1.54, 1.807) is 0 Å². The van der Waals surface area contributed by atoms with Gasteiger partial charge in [0.25, 0.3) is 0 Å². The van der Waals surface area contributed by atoms with Crippen molar-refractivity contribution in [3.63, 3.8) is 0 Å². The molecule has 0 aliphatic carbocycles. The molecule has 136 valence electrons. The van der Waals surface area contributed by atoms with Crippen molar-refractivity contribution in [1.29, 1.82) is 0 Å². The lowest BCUT2D eigenvalue weighted by atomic mass is 9.81. The molecule has 0 saturated heterocycles. The average Bonchev–Trinajstić information content (AvgIpc) is 2.80. The number of rotatable bonds is 5. The Kier molecular flexibility index (Phi) is 5.19. The van der Waals surface area contributed by atoms with Crippen LogP contribution in [0.25, 0.3) is 11.1 Å². The Hall–Kier alpha value is -3.02. The van der Waals surface area contributed by atoms with Crippen LogP contribution in [0, 0.1) is 0 Å². The van der Waals surface area contributed by atoms with Gasteiger partial charge in [-0.1, -0.05) is 115 Å². The maximum Gasteiger partial charge on any atom is 0.182 e. The number of ketones is 1. The van der Waals surface area contributed by atoms with Crippen molar-refractivity contribution in [1.82, 2.24) is 0 Å². The van der Waals surface area contributed by atoms with Crippen molar-refractivity contribution >= 4 is 15.0 Å². The van der Waals surface area contributed by atoms with Crippen molar-refractivity contribution in [3.8, 4) is 11.1 Å². The summed E-state index contributed by atoms with van der Waals surface area (Å²) in [6.07, 6.45) is 0. The molecular weight excluding hydrogens is 359 g/mol. The molecule has 2 heteroatoms. The minimum absolute atomic E-state index is 0.0642. The van der Waals surface area contributed by atoms with Crippen LogP contribution >= 0.6 is 9.24 Å². The maximum absolute atomic E-state index is 14.0. The lowest BCUT2D eigenvalue weighted by Crippen LogP contribution is -2.31. The molecule has 4 rings (SSSR count). The van der Waals surface area contributed by atoms with E-state index in [4.69, 9.17) is 0 Å². The van der Waals surface area contributed by atoms with Crippen LogP contribution in [0.4, 0.5) is 0 Å². The largest absolute Gasteiger partial charge is 0.292 e. The summed E-state index contributed by atoms with van der Waals surface area (Å²) < 4.78 is 0. The van der Waals surface area contributed by atoms with Crippen LogP contribution in [0.15, 0.2) is 115 Å². The third-order valence-corrected chi connectivity index (χ3v) is 6.00. The fourth-order valence-electron chi connectivity index (χ4n) is 3.59. The molecule has 0 N–H and O–H groups in total. The highest BCUT2D eigenvalue weighted by atomic mass is 31.0. The first kappa shape index (κ1) is 18.3. The Morgan fingerprint density at radius 1 is 0.571 bits per heavy atom. The molecule has 1 nitrogen and oxygen atoms in total. The third kappa shape index (κ3) is 3.30. The first-order valence-corrected chi connectivity index (χ1v) is 9.88. The van der Waals surface area contributed by atoms with Crippen LogP contribution in [0.1, 0.15) is 21.5 Å². The SMILES string of the molecule is O=C(c1ccccc1-c1ccccc1)C(P)(c1ccccc1)c1ccccc1. The van der Waals surface area contributed by atoms with Crippen LogP contribution in [0.5, 0.6) is 0 Å². The van der Waals surface area contributed by atoms with Gasteiger partial charge in [0.15, 0.2) is 5.78 Å². The van der Waals surface area contributed by atoms with Gasteiger partial charge in [-0.2, -0.15) is 0 Å². The van der Waals surface area contributed by atoms with Gasteiger partial charge in [-0.3, -0.25) is 4.79 Å². The molecule has 0 aromatic heterocycles. The lowest BCUT2D eigenvalue weighted by Gasteiger charge is -2.30. The molecule has 0 aliphatic rings. The zero-order chi connectivity index (χ0) is 19.4. The molecule has 28 heavy (non-hydrogen) atoms. The molecule has 0 bridgehead atoms. The number of benzene rings is 4. The quantitative estimate of drug-likeness (QED) is 0.291. The highest BCUT2D eigenvalue weighted by Crippen LogP contribution is 2.43. The number of hydrogen-bond acceptors (Lipinski definition) is 1. The monoisotopic (exact) mass is 380 g/mol. The van der Waals surface area contributed by atoms with Crippen LogP contribution in [-0.2, 0) is 5.16 Å². The zero-order valence-corrected chi connectivity index (χ0v) is 16.6. The van der Waals surface area contributed by atoms with E-state index < -0.39 is 5.16 Å². The standard InChI is InChI=1S/C26H21OP/c27-25(24-19-11-10-18-23(24)20-12-4-1-5-13-20)26(28,21-14-6-2-7-15-21)22-16-8-3-9-17-22/h1-19H,28H2. The average molecular weight is 380 g/mol. The number of carbonyl (C=O) groups is 1. The molecule has 4 aromatic carbocycles. The van der Waals surface area contributed by atoms with Crippen molar-refractivity contribution in [2.24, 2.45) is 0 Å². The van der Waals surface area contributed by atoms with Gasteiger partial charge in [-0.25, -0.2) is 0 Å². The predicted octanol–water partition coefficient (Wildman–Crippen LogP) is 6.36.